The fourth-order valence-electron chi connectivity index (χ4n) is 1.80. The minimum absolute atomic E-state index is 0.432. The molecule has 2 aromatic rings. The van der Waals surface area contributed by atoms with Gasteiger partial charge in [0.2, 0.25) is 0 Å². The van der Waals surface area contributed by atoms with Crippen LogP contribution < -0.4 is 10.5 Å². The van der Waals surface area contributed by atoms with E-state index in [1.54, 1.807) is 17.9 Å². The highest BCUT2D eigenvalue weighted by Gasteiger charge is 2.09. The highest BCUT2D eigenvalue weighted by atomic mass is 16.5. The molecular weight excluding hydrogens is 214 g/mol. The summed E-state index contributed by atoms with van der Waals surface area (Å²) in [5, 5.41) is 4.17. The Morgan fingerprint density at radius 2 is 2.06 bits per heavy atom. The maximum Gasteiger partial charge on any atom is 0.145 e. The molecular formula is C13H17N3O. The van der Waals surface area contributed by atoms with Gasteiger partial charge in [0.05, 0.1) is 12.8 Å². The van der Waals surface area contributed by atoms with Gasteiger partial charge < -0.3 is 10.5 Å². The molecule has 0 aliphatic carbocycles. The van der Waals surface area contributed by atoms with E-state index >= 15 is 0 Å². The molecule has 90 valence electrons. The first-order chi connectivity index (χ1) is 8.11. The lowest BCUT2D eigenvalue weighted by molar-refractivity contribution is 0.407. The van der Waals surface area contributed by atoms with Gasteiger partial charge in [-0.05, 0) is 17.5 Å². The summed E-state index contributed by atoms with van der Waals surface area (Å²) in [4.78, 5) is 0. The predicted octanol–water partition coefficient (Wildman–Crippen LogP) is 2.59. The van der Waals surface area contributed by atoms with E-state index in [1.807, 2.05) is 18.3 Å². The minimum atomic E-state index is 0.432. The van der Waals surface area contributed by atoms with Crippen LogP contribution in [0.1, 0.15) is 25.3 Å². The van der Waals surface area contributed by atoms with E-state index in [1.165, 1.54) is 5.56 Å². The highest BCUT2D eigenvalue weighted by molar-refractivity contribution is 5.46. The second kappa shape index (κ2) is 4.49. The van der Waals surface area contributed by atoms with Crippen LogP contribution in [0.4, 0.5) is 5.82 Å². The van der Waals surface area contributed by atoms with Gasteiger partial charge in [-0.15, -0.1) is 0 Å². The number of rotatable bonds is 3. The van der Waals surface area contributed by atoms with Crippen LogP contribution in [0.15, 0.2) is 30.5 Å². The number of hydrogen-bond acceptors (Lipinski definition) is 3. The molecule has 0 amide bonds. The fourth-order valence-corrected chi connectivity index (χ4v) is 1.80. The summed E-state index contributed by atoms with van der Waals surface area (Å²) in [7, 11) is 1.68. The van der Waals surface area contributed by atoms with Gasteiger partial charge in [-0.1, -0.05) is 19.9 Å². The van der Waals surface area contributed by atoms with E-state index < -0.39 is 0 Å². The van der Waals surface area contributed by atoms with Crippen molar-refractivity contribution in [2.45, 2.75) is 19.8 Å². The summed E-state index contributed by atoms with van der Waals surface area (Å²) < 4.78 is 7.14. The molecule has 2 rings (SSSR count). The number of nitrogens with zero attached hydrogens (tertiary/aromatic N) is 2. The van der Waals surface area contributed by atoms with E-state index in [-0.39, 0.29) is 0 Å². The van der Waals surface area contributed by atoms with Gasteiger partial charge in [-0.25, -0.2) is 4.68 Å². The summed E-state index contributed by atoms with van der Waals surface area (Å²) in [5.41, 5.74) is 7.74. The lowest BCUT2D eigenvalue weighted by Gasteiger charge is -2.13. The summed E-state index contributed by atoms with van der Waals surface area (Å²) in [6.07, 6.45) is 1.83. The number of ether oxygens (including phenoxy) is 1. The number of anilines is 1. The van der Waals surface area contributed by atoms with Crippen LogP contribution in [0, 0.1) is 0 Å². The van der Waals surface area contributed by atoms with Crippen LogP contribution in [0.2, 0.25) is 0 Å². The van der Waals surface area contributed by atoms with Gasteiger partial charge in [-0.3, -0.25) is 0 Å². The van der Waals surface area contributed by atoms with Gasteiger partial charge >= 0.3 is 0 Å². The van der Waals surface area contributed by atoms with Gasteiger partial charge in [0.25, 0.3) is 0 Å². The van der Waals surface area contributed by atoms with Gasteiger partial charge in [0.15, 0.2) is 0 Å². The molecule has 0 bridgehead atoms. The van der Waals surface area contributed by atoms with Crippen molar-refractivity contribution in [3.8, 4) is 11.4 Å². The van der Waals surface area contributed by atoms with Crippen LogP contribution in [-0.4, -0.2) is 16.9 Å². The number of nitrogens with two attached hydrogens (primary N) is 1. The first kappa shape index (κ1) is 11.5. The van der Waals surface area contributed by atoms with Crippen molar-refractivity contribution in [3.05, 3.63) is 36.0 Å². The number of hydrogen-bond donors (Lipinski definition) is 1. The number of methoxy groups -OCH3 is 1. The third kappa shape index (κ3) is 2.25. The first-order valence-corrected chi connectivity index (χ1v) is 5.61. The van der Waals surface area contributed by atoms with Crippen molar-refractivity contribution >= 4 is 5.82 Å². The van der Waals surface area contributed by atoms with Crippen molar-refractivity contribution < 1.29 is 4.74 Å². The maximum absolute atomic E-state index is 5.60. The van der Waals surface area contributed by atoms with E-state index in [2.05, 4.69) is 25.0 Å². The molecule has 17 heavy (non-hydrogen) atoms. The molecule has 0 unspecified atom stereocenters. The van der Waals surface area contributed by atoms with E-state index in [4.69, 9.17) is 10.5 Å². The molecule has 0 radical (unpaired) electrons. The number of nitrogen functional groups attached to an aromatic ring is 1. The molecule has 0 aliphatic heterocycles. The Hall–Kier alpha value is -1.97. The monoisotopic (exact) mass is 231 g/mol. The average molecular weight is 231 g/mol. The third-order valence-corrected chi connectivity index (χ3v) is 2.71. The van der Waals surface area contributed by atoms with Crippen molar-refractivity contribution in [3.63, 3.8) is 0 Å². The van der Waals surface area contributed by atoms with Gasteiger partial charge in [-0.2, -0.15) is 5.10 Å². The van der Waals surface area contributed by atoms with E-state index in [0.717, 1.165) is 11.4 Å². The Bertz CT molecular complexity index is 517. The molecule has 0 aliphatic rings. The lowest BCUT2D eigenvalue weighted by Crippen LogP contribution is -2.00. The molecule has 4 heteroatoms. The number of benzene rings is 1. The molecule has 0 spiro atoms. The van der Waals surface area contributed by atoms with Crippen LogP contribution in [0.25, 0.3) is 5.69 Å². The highest BCUT2D eigenvalue weighted by Crippen LogP contribution is 2.28. The second-order valence-corrected chi connectivity index (χ2v) is 4.27. The van der Waals surface area contributed by atoms with Gasteiger partial charge in [0.1, 0.15) is 11.6 Å². The quantitative estimate of drug-likeness (QED) is 0.883. The molecule has 2 N–H and O–H groups in total. The van der Waals surface area contributed by atoms with E-state index in [0.29, 0.717) is 11.7 Å². The lowest BCUT2D eigenvalue weighted by atomic mass is 10.0. The van der Waals surface area contributed by atoms with Crippen molar-refractivity contribution in [2.75, 3.05) is 12.8 Å². The zero-order valence-electron chi connectivity index (χ0n) is 10.3. The first-order valence-electron chi connectivity index (χ1n) is 5.61. The second-order valence-electron chi connectivity index (χ2n) is 4.27. The van der Waals surface area contributed by atoms with Crippen molar-refractivity contribution in [1.29, 1.82) is 0 Å². The molecule has 0 atom stereocenters. The summed E-state index contributed by atoms with van der Waals surface area (Å²) in [6.45, 7) is 4.28. The molecule has 1 aromatic carbocycles. The topological polar surface area (TPSA) is 53.1 Å². The van der Waals surface area contributed by atoms with Crippen LogP contribution in [-0.2, 0) is 0 Å². The zero-order chi connectivity index (χ0) is 12.4. The Morgan fingerprint density at radius 3 is 2.59 bits per heavy atom. The smallest absolute Gasteiger partial charge is 0.145 e. The third-order valence-electron chi connectivity index (χ3n) is 2.71. The Morgan fingerprint density at radius 1 is 1.29 bits per heavy atom. The fraction of sp³-hybridized carbons (Fsp3) is 0.308. The predicted molar refractivity (Wildman–Crippen MR) is 68.6 cm³/mol. The summed E-state index contributed by atoms with van der Waals surface area (Å²) >= 11 is 0. The molecule has 1 heterocycles. The molecule has 0 saturated carbocycles. The minimum Gasteiger partial charge on any atom is -0.496 e. The van der Waals surface area contributed by atoms with Gasteiger partial charge in [0, 0.05) is 18.3 Å². The SMILES string of the molecule is COc1cc(-n2ccc(N)n2)ccc1C(C)C. The Labute approximate surface area is 101 Å². The molecule has 0 fully saturated rings. The zero-order valence-corrected chi connectivity index (χ0v) is 10.3. The molecule has 0 saturated heterocycles. The number of aromatic nitrogens is 2. The van der Waals surface area contributed by atoms with Crippen molar-refractivity contribution in [2.24, 2.45) is 0 Å². The largest absolute Gasteiger partial charge is 0.496 e. The molecule has 4 nitrogen and oxygen atoms in total. The molecule has 1 aromatic heterocycles. The standard InChI is InChI=1S/C13H17N3O/c1-9(2)11-5-4-10(8-12(11)17-3)16-7-6-13(14)15-16/h4-9H,1-3H3,(H2,14,15). The summed E-state index contributed by atoms with van der Waals surface area (Å²) in [5.74, 6) is 1.82. The van der Waals surface area contributed by atoms with Crippen LogP contribution >= 0.6 is 0 Å². The van der Waals surface area contributed by atoms with Crippen molar-refractivity contribution in [1.82, 2.24) is 9.78 Å². The van der Waals surface area contributed by atoms with Crippen LogP contribution in [0.3, 0.4) is 0 Å². The van der Waals surface area contributed by atoms with Crippen LogP contribution in [0.5, 0.6) is 5.75 Å². The maximum atomic E-state index is 5.60. The Balaban J connectivity index is 2.44. The normalized spacial score (nSPS) is 10.8. The average Bonchev–Trinajstić information content (AvgIpc) is 2.75. The van der Waals surface area contributed by atoms with E-state index in [9.17, 15) is 0 Å². The Kier molecular flexibility index (Phi) is 3.04. The summed E-state index contributed by atoms with van der Waals surface area (Å²) in [6, 6.07) is 7.83.